The highest BCUT2D eigenvalue weighted by Crippen LogP contribution is 2.38. The lowest BCUT2D eigenvalue weighted by Crippen LogP contribution is -2.20. The van der Waals surface area contributed by atoms with Gasteiger partial charge in [-0.3, -0.25) is 4.79 Å². The van der Waals surface area contributed by atoms with E-state index in [2.05, 4.69) is 31.0 Å². The molecule has 0 spiro atoms. The van der Waals surface area contributed by atoms with Crippen LogP contribution in [0.1, 0.15) is 36.2 Å². The fraction of sp³-hybridized carbons (Fsp3) is 0.368. The van der Waals surface area contributed by atoms with Crippen molar-refractivity contribution in [3.05, 3.63) is 41.5 Å². The van der Waals surface area contributed by atoms with Gasteiger partial charge < -0.3 is 4.74 Å². The molecule has 0 N–H and O–H groups in total. The van der Waals surface area contributed by atoms with E-state index in [0.717, 1.165) is 39.5 Å². The van der Waals surface area contributed by atoms with Crippen molar-refractivity contribution in [2.75, 3.05) is 12.9 Å². The van der Waals surface area contributed by atoms with Crippen LogP contribution in [0.3, 0.4) is 0 Å². The molecule has 120 valence electrons. The molecule has 3 rings (SSSR count). The van der Waals surface area contributed by atoms with E-state index in [1.54, 1.807) is 18.9 Å². The Morgan fingerprint density at radius 3 is 2.83 bits per heavy atom. The smallest absolute Gasteiger partial charge is 0.213 e. The first-order chi connectivity index (χ1) is 11.1. The summed E-state index contributed by atoms with van der Waals surface area (Å²) in [5, 5.41) is 0. The number of carbonyl (C=O) groups is 1. The van der Waals surface area contributed by atoms with E-state index in [1.807, 2.05) is 18.2 Å². The highest BCUT2D eigenvalue weighted by molar-refractivity contribution is 7.99. The van der Waals surface area contributed by atoms with E-state index in [9.17, 15) is 4.79 Å². The Balaban J connectivity index is 2.18. The minimum absolute atomic E-state index is 0.263. The Morgan fingerprint density at radius 2 is 2.09 bits per heavy atom. The van der Waals surface area contributed by atoms with Crippen molar-refractivity contribution in [1.29, 1.82) is 0 Å². The van der Waals surface area contributed by atoms with E-state index in [-0.39, 0.29) is 5.78 Å². The van der Waals surface area contributed by atoms with E-state index in [4.69, 9.17) is 4.74 Å². The summed E-state index contributed by atoms with van der Waals surface area (Å²) in [6.07, 6.45) is 1.56. The van der Waals surface area contributed by atoms with E-state index in [0.29, 0.717) is 18.2 Å². The van der Waals surface area contributed by atoms with Crippen molar-refractivity contribution in [2.45, 2.75) is 31.6 Å². The number of rotatable bonds is 4. The van der Waals surface area contributed by atoms with Crippen LogP contribution in [0.2, 0.25) is 0 Å². The summed E-state index contributed by atoms with van der Waals surface area (Å²) in [4.78, 5) is 18.3. The first-order valence-corrected chi connectivity index (χ1v) is 8.95. The molecule has 3 nitrogen and oxygen atoms in total. The lowest BCUT2D eigenvalue weighted by molar-refractivity contribution is 0.0950. The molecule has 1 aliphatic carbocycles. The minimum atomic E-state index is 0.263. The van der Waals surface area contributed by atoms with E-state index >= 15 is 0 Å². The van der Waals surface area contributed by atoms with Crippen LogP contribution in [0, 0.1) is 5.92 Å². The first kappa shape index (κ1) is 16.1. The number of ketones is 1. The zero-order chi connectivity index (χ0) is 16.4. The number of fused-ring (bicyclic) bond motifs is 1. The van der Waals surface area contributed by atoms with Crippen LogP contribution in [0.4, 0.5) is 0 Å². The van der Waals surface area contributed by atoms with Crippen LogP contribution in [-0.4, -0.2) is 23.6 Å². The molecule has 1 atom stereocenters. The molecule has 1 unspecified atom stereocenters. The van der Waals surface area contributed by atoms with Crippen molar-refractivity contribution in [2.24, 2.45) is 5.92 Å². The second kappa shape index (κ2) is 6.75. The van der Waals surface area contributed by atoms with Gasteiger partial charge in [0.1, 0.15) is 0 Å². The highest BCUT2D eigenvalue weighted by Gasteiger charge is 2.28. The molecule has 2 aromatic rings. The monoisotopic (exact) mass is 327 g/mol. The molecule has 0 amide bonds. The maximum absolute atomic E-state index is 12.6. The molecular weight excluding hydrogens is 306 g/mol. The van der Waals surface area contributed by atoms with Crippen LogP contribution in [0.5, 0.6) is 5.88 Å². The Bertz CT molecular complexity index is 742. The summed E-state index contributed by atoms with van der Waals surface area (Å²) in [7, 11) is 1.62. The summed E-state index contributed by atoms with van der Waals surface area (Å²) in [5.74, 6) is 2.20. The average molecular weight is 327 g/mol. The number of ether oxygens (including phenoxy) is 1. The largest absolute Gasteiger partial charge is 0.481 e. The molecule has 0 radical (unpaired) electrons. The average Bonchev–Trinajstić information content (AvgIpc) is 2.54. The molecule has 4 heteroatoms. The topological polar surface area (TPSA) is 39.2 Å². The van der Waals surface area contributed by atoms with E-state index in [1.165, 1.54) is 0 Å². The van der Waals surface area contributed by atoms with Gasteiger partial charge in [0.05, 0.1) is 12.8 Å². The van der Waals surface area contributed by atoms with Gasteiger partial charge in [-0.1, -0.05) is 26.0 Å². The summed E-state index contributed by atoms with van der Waals surface area (Å²) in [6.45, 7) is 4.26. The van der Waals surface area contributed by atoms with Gasteiger partial charge in [0.15, 0.2) is 5.78 Å². The van der Waals surface area contributed by atoms with Gasteiger partial charge in [0.25, 0.3) is 0 Å². The molecule has 23 heavy (non-hydrogen) atoms. The Kier molecular flexibility index (Phi) is 4.71. The summed E-state index contributed by atoms with van der Waals surface area (Å²) in [6, 6.07) is 9.93. The molecule has 0 fully saturated rings. The van der Waals surface area contributed by atoms with Crippen LogP contribution in [0.25, 0.3) is 11.3 Å². The maximum Gasteiger partial charge on any atom is 0.213 e. The van der Waals surface area contributed by atoms with Gasteiger partial charge in [0.2, 0.25) is 5.88 Å². The third-order valence-corrected chi connectivity index (χ3v) is 5.09. The minimum Gasteiger partial charge on any atom is -0.481 e. The quantitative estimate of drug-likeness (QED) is 0.767. The maximum atomic E-state index is 12.6. The molecule has 0 bridgehead atoms. The van der Waals surface area contributed by atoms with Gasteiger partial charge in [-0.15, -0.1) is 11.8 Å². The second-order valence-corrected chi connectivity index (χ2v) is 7.21. The molecule has 1 aliphatic rings. The normalized spacial score (nSPS) is 17.0. The standard InChI is InChI=1S/C19H21NO2S/c1-4-23-17-9-8-13(15-6-5-7-18(20-15)22-3)14-10-12(2)11-16(21)19(14)17/h5-9,12H,4,10-11H2,1-3H3. The molecule has 0 aliphatic heterocycles. The zero-order valence-electron chi connectivity index (χ0n) is 13.8. The third-order valence-electron chi connectivity index (χ3n) is 4.15. The van der Waals surface area contributed by atoms with Gasteiger partial charge in [-0.2, -0.15) is 0 Å². The number of benzene rings is 1. The lowest BCUT2D eigenvalue weighted by atomic mass is 9.81. The van der Waals surface area contributed by atoms with Crippen LogP contribution in [0.15, 0.2) is 35.2 Å². The van der Waals surface area contributed by atoms with Crippen molar-refractivity contribution in [3.63, 3.8) is 0 Å². The Hall–Kier alpha value is -1.81. The Morgan fingerprint density at radius 1 is 1.26 bits per heavy atom. The number of Topliss-reactive ketones (excluding diaryl/α,β-unsaturated/α-hetero) is 1. The molecule has 1 heterocycles. The molecule has 0 saturated heterocycles. The molecular formula is C19H21NO2S. The van der Waals surface area contributed by atoms with Crippen LogP contribution >= 0.6 is 11.8 Å². The number of methoxy groups -OCH3 is 1. The number of hydrogen-bond acceptors (Lipinski definition) is 4. The third kappa shape index (κ3) is 3.13. The van der Waals surface area contributed by atoms with Crippen LogP contribution < -0.4 is 4.74 Å². The summed E-state index contributed by atoms with van der Waals surface area (Å²) >= 11 is 1.74. The molecule has 0 saturated carbocycles. The number of pyridine rings is 1. The zero-order valence-corrected chi connectivity index (χ0v) is 14.6. The number of nitrogens with zero attached hydrogens (tertiary/aromatic N) is 1. The molecule has 1 aromatic carbocycles. The number of aromatic nitrogens is 1. The fourth-order valence-corrected chi connectivity index (χ4v) is 4.03. The Labute approximate surface area is 141 Å². The van der Waals surface area contributed by atoms with Gasteiger partial charge in [0, 0.05) is 28.5 Å². The number of carbonyl (C=O) groups excluding carboxylic acids is 1. The highest BCUT2D eigenvalue weighted by atomic mass is 32.2. The fourth-order valence-electron chi connectivity index (χ4n) is 3.18. The van der Waals surface area contributed by atoms with Gasteiger partial charge in [-0.05, 0) is 35.8 Å². The SMILES string of the molecule is CCSc1ccc(-c2cccc(OC)n2)c2c1C(=O)CC(C)C2. The summed E-state index contributed by atoms with van der Waals surface area (Å²) < 4.78 is 5.24. The second-order valence-electron chi connectivity index (χ2n) is 5.90. The van der Waals surface area contributed by atoms with Gasteiger partial charge >= 0.3 is 0 Å². The number of thioether (sulfide) groups is 1. The first-order valence-electron chi connectivity index (χ1n) is 7.97. The van der Waals surface area contributed by atoms with Crippen molar-refractivity contribution in [3.8, 4) is 17.1 Å². The van der Waals surface area contributed by atoms with Crippen LogP contribution in [-0.2, 0) is 6.42 Å². The molecule has 1 aromatic heterocycles. The summed E-state index contributed by atoms with van der Waals surface area (Å²) in [5.41, 5.74) is 3.99. The van der Waals surface area contributed by atoms with Crippen molar-refractivity contribution in [1.82, 2.24) is 4.98 Å². The predicted molar refractivity (Wildman–Crippen MR) is 94.4 cm³/mol. The van der Waals surface area contributed by atoms with E-state index < -0.39 is 0 Å². The van der Waals surface area contributed by atoms with Crippen molar-refractivity contribution >= 4 is 17.5 Å². The predicted octanol–water partition coefficient (Wildman–Crippen LogP) is 4.63. The number of hydrogen-bond donors (Lipinski definition) is 0. The van der Waals surface area contributed by atoms with Crippen molar-refractivity contribution < 1.29 is 9.53 Å². The van der Waals surface area contributed by atoms with Gasteiger partial charge in [-0.25, -0.2) is 4.98 Å². The lowest BCUT2D eigenvalue weighted by Gasteiger charge is -2.25.